The van der Waals surface area contributed by atoms with Crippen LogP contribution in [0.2, 0.25) is 0 Å². The number of hydrogen-bond donors (Lipinski definition) is 2. The topological polar surface area (TPSA) is 53.6 Å². The molecule has 4 heteroatoms. The minimum atomic E-state index is 0.702. The van der Waals surface area contributed by atoms with Gasteiger partial charge in [0.1, 0.15) is 0 Å². The molecule has 0 atom stereocenters. The van der Waals surface area contributed by atoms with Gasteiger partial charge in [0.25, 0.3) is 0 Å². The highest BCUT2D eigenvalue weighted by molar-refractivity contribution is 5.95. The first-order chi connectivity index (χ1) is 8.58. The molecule has 3 N–H and O–H groups in total. The Morgan fingerprint density at radius 3 is 2.39 bits per heavy atom. The highest BCUT2D eigenvalue weighted by Crippen LogP contribution is 2.17. The summed E-state index contributed by atoms with van der Waals surface area (Å²) >= 11 is 0. The largest absolute Gasteiger partial charge is 0.315 e. The number of nitrogens with one attached hydrogen (secondary N) is 1. The van der Waals surface area contributed by atoms with E-state index in [0.717, 1.165) is 25.1 Å². The molecule has 18 heavy (non-hydrogen) atoms. The maximum Gasteiger partial charge on any atom is 0.212 e. The van der Waals surface area contributed by atoms with E-state index in [1.165, 1.54) is 11.1 Å². The van der Waals surface area contributed by atoms with Gasteiger partial charge in [0.05, 0.1) is 0 Å². The Hall–Kier alpha value is -1.55. The monoisotopic (exact) mass is 248 g/mol. The fourth-order valence-electron chi connectivity index (χ4n) is 1.86. The van der Waals surface area contributed by atoms with Crippen molar-refractivity contribution in [3.8, 4) is 0 Å². The van der Waals surface area contributed by atoms with Gasteiger partial charge in [-0.15, -0.1) is 0 Å². The summed E-state index contributed by atoms with van der Waals surface area (Å²) in [4.78, 5) is 6.46. The van der Waals surface area contributed by atoms with Gasteiger partial charge in [0.15, 0.2) is 0 Å². The molecule has 1 aromatic rings. The summed E-state index contributed by atoms with van der Waals surface area (Å²) in [6.07, 6.45) is 2.21. The van der Waals surface area contributed by atoms with Crippen molar-refractivity contribution in [1.29, 1.82) is 0 Å². The van der Waals surface area contributed by atoms with Crippen molar-refractivity contribution in [1.82, 2.24) is 5.43 Å². The Kier molecular flexibility index (Phi) is 5.65. The van der Waals surface area contributed by atoms with Gasteiger partial charge < -0.3 is 4.90 Å². The van der Waals surface area contributed by atoms with Gasteiger partial charge >= 0.3 is 0 Å². The van der Waals surface area contributed by atoms with Crippen LogP contribution in [-0.4, -0.2) is 19.6 Å². The average Bonchev–Trinajstić information content (AvgIpc) is 2.33. The number of aryl methyl sites for hydroxylation is 2. The minimum Gasteiger partial charge on any atom is -0.315 e. The van der Waals surface area contributed by atoms with Crippen molar-refractivity contribution in [3.05, 3.63) is 29.3 Å². The van der Waals surface area contributed by atoms with Gasteiger partial charge in [0.2, 0.25) is 5.96 Å². The van der Waals surface area contributed by atoms with E-state index in [-0.39, 0.29) is 0 Å². The summed E-state index contributed by atoms with van der Waals surface area (Å²) in [5, 5.41) is 0. The van der Waals surface area contributed by atoms with Gasteiger partial charge in [0, 0.05) is 19.3 Å². The zero-order valence-electron chi connectivity index (χ0n) is 11.8. The lowest BCUT2D eigenvalue weighted by Gasteiger charge is -2.21. The molecule has 0 heterocycles. The van der Waals surface area contributed by atoms with Crippen LogP contribution in [-0.2, 0) is 0 Å². The predicted molar refractivity (Wildman–Crippen MR) is 78.9 cm³/mol. The van der Waals surface area contributed by atoms with Crippen molar-refractivity contribution in [3.63, 3.8) is 0 Å². The molecule has 0 amide bonds. The predicted octanol–water partition coefficient (Wildman–Crippen LogP) is 2.36. The van der Waals surface area contributed by atoms with Crippen molar-refractivity contribution in [2.24, 2.45) is 10.8 Å². The third-order valence-electron chi connectivity index (χ3n) is 2.81. The molecule has 0 saturated carbocycles. The number of anilines is 1. The zero-order valence-corrected chi connectivity index (χ0v) is 11.8. The second-order valence-corrected chi connectivity index (χ2v) is 4.61. The highest BCUT2D eigenvalue weighted by atomic mass is 15.4. The van der Waals surface area contributed by atoms with E-state index in [9.17, 15) is 0 Å². The van der Waals surface area contributed by atoms with E-state index in [1.807, 2.05) is 11.9 Å². The fourth-order valence-corrected chi connectivity index (χ4v) is 1.86. The average molecular weight is 248 g/mol. The van der Waals surface area contributed by atoms with Gasteiger partial charge in [-0.2, -0.15) is 0 Å². The highest BCUT2D eigenvalue weighted by Gasteiger charge is 2.08. The van der Waals surface area contributed by atoms with E-state index in [0.29, 0.717) is 5.96 Å². The summed E-state index contributed by atoms with van der Waals surface area (Å²) in [6, 6.07) is 6.40. The van der Waals surface area contributed by atoms with Crippen LogP contribution in [0.15, 0.2) is 23.2 Å². The minimum absolute atomic E-state index is 0.702. The van der Waals surface area contributed by atoms with E-state index in [4.69, 9.17) is 5.84 Å². The van der Waals surface area contributed by atoms with Crippen LogP contribution in [0.4, 0.5) is 5.69 Å². The molecule has 0 aliphatic rings. The summed E-state index contributed by atoms with van der Waals surface area (Å²) in [7, 11) is 1.97. The van der Waals surface area contributed by atoms with E-state index >= 15 is 0 Å². The molecule has 0 fully saturated rings. The molecule has 4 nitrogen and oxygen atoms in total. The number of aliphatic imine (C=N–C) groups is 1. The van der Waals surface area contributed by atoms with Crippen LogP contribution >= 0.6 is 0 Å². The Morgan fingerprint density at radius 2 is 1.89 bits per heavy atom. The Labute approximate surface area is 110 Å². The maximum atomic E-state index is 5.55. The van der Waals surface area contributed by atoms with E-state index in [1.54, 1.807) is 0 Å². The molecule has 0 radical (unpaired) electrons. The van der Waals surface area contributed by atoms with Crippen LogP contribution in [0.3, 0.4) is 0 Å². The summed E-state index contributed by atoms with van der Waals surface area (Å²) in [6.45, 7) is 7.13. The second-order valence-electron chi connectivity index (χ2n) is 4.61. The second kappa shape index (κ2) is 7.01. The number of benzene rings is 1. The lowest BCUT2D eigenvalue weighted by atomic mass is 10.1. The van der Waals surface area contributed by atoms with Crippen LogP contribution < -0.4 is 16.2 Å². The first kappa shape index (κ1) is 14.5. The Morgan fingerprint density at radius 1 is 1.28 bits per heavy atom. The molecule has 1 aromatic carbocycles. The standard InChI is InChI=1S/C14H24N4/c1-5-6-7-16-14(17-15)18(4)13-9-11(2)8-12(3)10-13/h8-10H,5-7,15H2,1-4H3,(H,16,17). The molecule has 0 unspecified atom stereocenters. The molecule has 0 aromatic heterocycles. The van der Waals surface area contributed by atoms with E-state index in [2.05, 4.69) is 49.4 Å². The molecule has 0 spiro atoms. The normalized spacial score (nSPS) is 11.5. The van der Waals surface area contributed by atoms with Crippen molar-refractivity contribution in [2.75, 3.05) is 18.5 Å². The van der Waals surface area contributed by atoms with Crippen molar-refractivity contribution < 1.29 is 0 Å². The first-order valence-corrected chi connectivity index (χ1v) is 6.41. The first-order valence-electron chi connectivity index (χ1n) is 6.41. The summed E-state index contributed by atoms with van der Waals surface area (Å²) < 4.78 is 0. The number of nitrogens with two attached hydrogens (primary N) is 1. The number of guanidine groups is 1. The number of nitrogens with zero attached hydrogens (tertiary/aromatic N) is 2. The molecule has 0 aliphatic heterocycles. The van der Waals surface area contributed by atoms with Crippen LogP contribution in [0.25, 0.3) is 0 Å². The van der Waals surface area contributed by atoms with Gasteiger partial charge in [-0.25, -0.2) is 5.84 Å². The fraction of sp³-hybridized carbons (Fsp3) is 0.500. The molecule has 0 bridgehead atoms. The SMILES string of the molecule is CCCCN=C(NN)N(C)c1cc(C)cc(C)c1. The van der Waals surface area contributed by atoms with Gasteiger partial charge in [-0.1, -0.05) is 19.4 Å². The van der Waals surface area contributed by atoms with Crippen LogP contribution in [0.1, 0.15) is 30.9 Å². The Balaban J connectivity index is 2.88. The number of rotatable bonds is 4. The third-order valence-corrected chi connectivity index (χ3v) is 2.81. The molecular formula is C14H24N4. The van der Waals surface area contributed by atoms with Crippen LogP contribution in [0, 0.1) is 13.8 Å². The molecule has 0 aliphatic carbocycles. The number of unbranched alkanes of at least 4 members (excludes halogenated alkanes) is 1. The zero-order chi connectivity index (χ0) is 13.5. The van der Waals surface area contributed by atoms with Crippen molar-refractivity contribution >= 4 is 11.6 Å². The maximum absolute atomic E-state index is 5.55. The molecule has 1 rings (SSSR count). The molecular weight excluding hydrogens is 224 g/mol. The third kappa shape index (κ3) is 4.04. The quantitative estimate of drug-likeness (QED) is 0.283. The van der Waals surface area contributed by atoms with E-state index < -0.39 is 0 Å². The van der Waals surface area contributed by atoms with Crippen LogP contribution in [0.5, 0.6) is 0 Å². The lowest BCUT2D eigenvalue weighted by Crippen LogP contribution is -2.43. The number of hydrogen-bond acceptors (Lipinski definition) is 2. The lowest BCUT2D eigenvalue weighted by molar-refractivity contribution is 0.797. The number of hydrazine groups is 1. The van der Waals surface area contributed by atoms with Gasteiger partial charge in [-0.05, 0) is 43.5 Å². The molecule has 0 saturated heterocycles. The summed E-state index contributed by atoms with van der Waals surface area (Å²) in [5.41, 5.74) is 6.25. The Bertz CT molecular complexity index is 392. The smallest absolute Gasteiger partial charge is 0.212 e. The van der Waals surface area contributed by atoms with Crippen molar-refractivity contribution in [2.45, 2.75) is 33.6 Å². The van der Waals surface area contributed by atoms with Gasteiger partial charge in [-0.3, -0.25) is 10.4 Å². The summed E-state index contributed by atoms with van der Waals surface area (Å²) in [5.74, 6) is 6.25. The molecule has 100 valence electrons.